The first-order valence-corrected chi connectivity index (χ1v) is 7.85. The molecule has 0 radical (unpaired) electrons. The first-order valence-electron chi connectivity index (χ1n) is 7.85. The summed E-state index contributed by atoms with van der Waals surface area (Å²) in [6, 6.07) is 18.6. The largest absolute Gasteiger partial charge is 0.508 e. The number of nitrogens with zero attached hydrogens (tertiary/aromatic N) is 1. The van der Waals surface area contributed by atoms with Crippen molar-refractivity contribution in [2.24, 2.45) is 0 Å². The van der Waals surface area contributed by atoms with Crippen molar-refractivity contribution in [1.29, 1.82) is 0 Å². The lowest BCUT2D eigenvalue weighted by Gasteiger charge is -2.10. The number of phenolic OH excluding ortho intramolecular Hbond substituents is 1. The van der Waals surface area contributed by atoms with Gasteiger partial charge in [0.05, 0.1) is 5.56 Å². The molecule has 0 aliphatic heterocycles. The summed E-state index contributed by atoms with van der Waals surface area (Å²) in [4.78, 5) is 12.6. The number of carbonyl (C=O) groups excluding carboxylic acids is 1. The standard InChI is InChI=1S/C20H20N2O2/c1-14-11-19(20(24)21-17-9-6-10-18(23)12-17)15(2)22(14)13-16-7-4-3-5-8-16/h3-12,23H,13H2,1-2H3,(H,21,24). The Morgan fingerprint density at radius 1 is 1.04 bits per heavy atom. The molecule has 0 fully saturated rings. The molecule has 2 aromatic carbocycles. The zero-order valence-corrected chi connectivity index (χ0v) is 13.8. The number of anilines is 1. The lowest BCUT2D eigenvalue weighted by Crippen LogP contribution is -2.13. The van der Waals surface area contributed by atoms with E-state index in [1.165, 1.54) is 11.6 Å². The van der Waals surface area contributed by atoms with Gasteiger partial charge in [0, 0.05) is 29.7 Å². The van der Waals surface area contributed by atoms with E-state index >= 15 is 0 Å². The Kier molecular flexibility index (Phi) is 4.38. The van der Waals surface area contributed by atoms with Gasteiger partial charge in [0.25, 0.3) is 5.91 Å². The van der Waals surface area contributed by atoms with E-state index in [-0.39, 0.29) is 11.7 Å². The topological polar surface area (TPSA) is 54.3 Å². The second-order valence-corrected chi connectivity index (χ2v) is 5.86. The molecule has 1 heterocycles. The van der Waals surface area contributed by atoms with Crippen molar-refractivity contribution >= 4 is 11.6 Å². The zero-order valence-electron chi connectivity index (χ0n) is 13.8. The second-order valence-electron chi connectivity index (χ2n) is 5.86. The molecule has 0 saturated carbocycles. The number of aromatic hydroxyl groups is 1. The lowest BCUT2D eigenvalue weighted by atomic mass is 10.2. The number of benzene rings is 2. The van der Waals surface area contributed by atoms with Crippen molar-refractivity contribution in [3.05, 3.63) is 83.2 Å². The van der Waals surface area contributed by atoms with E-state index in [4.69, 9.17) is 0 Å². The maximum absolute atomic E-state index is 12.6. The molecule has 4 nitrogen and oxygen atoms in total. The maximum atomic E-state index is 12.6. The monoisotopic (exact) mass is 320 g/mol. The smallest absolute Gasteiger partial charge is 0.257 e. The molecule has 3 aromatic rings. The van der Waals surface area contributed by atoms with Crippen LogP contribution in [0.5, 0.6) is 5.75 Å². The minimum absolute atomic E-state index is 0.127. The van der Waals surface area contributed by atoms with Crippen LogP contribution < -0.4 is 5.32 Å². The summed E-state index contributed by atoms with van der Waals surface area (Å²) < 4.78 is 2.13. The van der Waals surface area contributed by atoms with E-state index in [0.717, 1.165) is 17.9 Å². The summed E-state index contributed by atoms with van der Waals surface area (Å²) in [5, 5.41) is 12.3. The van der Waals surface area contributed by atoms with Crippen LogP contribution in [-0.2, 0) is 6.54 Å². The Morgan fingerprint density at radius 3 is 2.50 bits per heavy atom. The third-order valence-corrected chi connectivity index (χ3v) is 4.11. The Bertz CT molecular complexity index is 867. The first-order chi connectivity index (χ1) is 11.5. The van der Waals surface area contributed by atoms with Crippen LogP contribution in [-0.4, -0.2) is 15.6 Å². The summed E-state index contributed by atoms with van der Waals surface area (Å²) in [6.45, 7) is 4.69. The number of hydrogen-bond acceptors (Lipinski definition) is 2. The van der Waals surface area contributed by atoms with Crippen molar-refractivity contribution in [2.75, 3.05) is 5.32 Å². The molecule has 0 spiro atoms. The third-order valence-electron chi connectivity index (χ3n) is 4.11. The number of hydrogen-bond donors (Lipinski definition) is 2. The van der Waals surface area contributed by atoms with Crippen LogP contribution in [0.25, 0.3) is 0 Å². The molecule has 0 bridgehead atoms. The highest BCUT2D eigenvalue weighted by atomic mass is 16.3. The van der Waals surface area contributed by atoms with Gasteiger partial charge in [0.15, 0.2) is 0 Å². The van der Waals surface area contributed by atoms with Crippen LogP contribution in [0.3, 0.4) is 0 Å². The van der Waals surface area contributed by atoms with Gasteiger partial charge in [-0.1, -0.05) is 36.4 Å². The normalized spacial score (nSPS) is 10.6. The fourth-order valence-corrected chi connectivity index (χ4v) is 2.82. The van der Waals surface area contributed by atoms with E-state index in [2.05, 4.69) is 22.0 Å². The molecular formula is C20H20N2O2. The van der Waals surface area contributed by atoms with Crippen LogP contribution in [0.15, 0.2) is 60.7 Å². The Balaban J connectivity index is 1.84. The number of aromatic nitrogens is 1. The van der Waals surface area contributed by atoms with Gasteiger partial charge in [-0.05, 0) is 37.6 Å². The van der Waals surface area contributed by atoms with Crippen LogP contribution in [0, 0.1) is 13.8 Å². The first kappa shape index (κ1) is 15.9. The Morgan fingerprint density at radius 2 is 1.79 bits per heavy atom. The van der Waals surface area contributed by atoms with Gasteiger partial charge in [0.1, 0.15) is 5.75 Å². The molecule has 0 unspecified atom stereocenters. The summed E-state index contributed by atoms with van der Waals surface area (Å²) in [6.07, 6.45) is 0. The molecule has 122 valence electrons. The van der Waals surface area contributed by atoms with E-state index in [1.54, 1.807) is 18.2 Å². The fraction of sp³-hybridized carbons (Fsp3) is 0.150. The van der Waals surface area contributed by atoms with Crippen LogP contribution in [0.4, 0.5) is 5.69 Å². The molecule has 0 saturated heterocycles. The summed E-state index contributed by atoms with van der Waals surface area (Å²) >= 11 is 0. The van der Waals surface area contributed by atoms with Crippen LogP contribution in [0.1, 0.15) is 27.3 Å². The molecule has 0 aliphatic rings. The summed E-state index contributed by atoms with van der Waals surface area (Å²) in [5.41, 5.74) is 4.38. The number of phenols is 1. The fourth-order valence-electron chi connectivity index (χ4n) is 2.82. The molecule has 3 rings (SSSR count). The number of amides is 1. The van der Waals surface area contributed by atoms with Crippen LogP contribution >= 0.6 is 0 Å². The average Bonchev–Trinajstić information content (AvgIpc) is 2.84. The average molecular weight is 320 g/mol. The molecule has 0 aliphatic carbocycles. The predicted molar refractivity (Wildman–Crippen MR) is 95.5 cm³/mol. The van der Waals surface area contributed by atoms with Gasteiger partial charge in [-0.3, -0.25) is 4.79 Å². The predicted octanol–water partition coefficient (Wildman–Crippen LogP) is 4.11. The van der Waals surface area contributed by atoms with E-state index in [9.17, 15) is 9.90 Å². The molecule has 24 heavy (non-hydrogen) atoms. The van der Waals surface area contributed by atoms with Gasteiger partial charge in [0.2, 0.25) is 0 Å². The van der Waals surface area contributed by atoms with Gasteiger partial charge in [-0.25, -0.2) is 0 Å². The summed E-state index contributed by atoms with van der Waals surface area (Å²) in [5.74, 6) is -0.0460. The second kappa shape index (κ2) is 6.62. The van der Waals surface area contributed by atoms with Gasteiger partial charge < -0.3 is 15.0 Å². The maximum Gasteiger partial charge on any atom is 0.257 e. The van der Waals surface area contributed by atoms with Crippen molar-refractivity contribution in [3.8, 4) is 5.75 Å². The van der Waals surface area contributed by atoms with Crippen molar-refractivity contribution in [1.82, 2.24) is 4.57 Å². The van der Waals surface area contributed by atoms with Gasteiger partial charge >= 0.3 is 0 Å². The minimum atomic E-state index is -0.173. The van der Waals surface area contributed by atoms with Crippen molar-refractivity contribution < 1.29 is 9.90 Å². The van der Waals surface area contributed by atoms with Crippen LogP contribution in [0.2, 0.25) is 0 Å². The Labute approximate surface area is 141 Å². The van der Waals surface area contributed by atoms with E-state index < -0.39 is 0 Å². The number of rotatable bonds is 4. The number of carbonyl (C=O) groups is 1. The number of aryl methyl sites for hydroxylation is 1. The molecule has 0 atom stereocenters. The highest BCUT2D eigenvalue weighted by molar-refractivity contribution is 6.05. The molecular weight excluding hydrogens is 300 g/mol. The Hall–Kier alpha value is -3.01. The number of nitrogens with one attached hydrogen (secondary N) is 1. The van der Waals surface area contributed by atoms with Gasteiger partial charge in [-0.15, -0.1) is 0 Å². The molecule has 2 N–H and O–H groups in total. The highest BCUT2D eigenvalue weighted by Crippen LogP contribution is 2.20. The molecule has 4 heteroatoms. The van der Waals surface area contributed by atoms with Gasteiger partial charge in [-0.2, -0.15) is 0 Å². The summed E-state index contributed by atoms with van der Waals surface area (Å²) in [7, 11) is 0. The third kappa shape index (κ3) is 3.33. The zero-order chi connectivity index (χ0) is 17.1. The highest BCUT2D eigenvalue weighted by Gasteiger charge is 2.16. The quantitative estimate of drug-likeness (QED) is 0.760. The van der Waals surface area contributed by atoms with E-state index in [0.29, 0.717) is 11.3 Å². The molecule has 1 amide bonds. The van der Waals surface area contributed by atoms with Crippen molar-refractivity contribution in [3.63, 3.8) is 0 Å². The van der Waals surface area contributed by atoms with Crippen molar-refractivity contribution in [2.45, 2.75) is 20.4 Å². The van der Waals surface area contributed by atoms with E-state index in [1.807, 2.05) is 38.1 Å². The lowest BCUT2D eigenvalue weighted by molar-refractivity contribution is 0.102. The molecule has 1 aromatic heterocycles. The SMILES string of the molecule is Cc1cc(C(=O)Nc2cccc(O)c2)c(C)n1Cc1ccccc1. The minimum Gasteiger partial charge on any atom is -0.508 e.